The van der Waals surface area contributed by atoms with Crippen LogP contribution in [0.25, 0.3) is 0 Å². The van der Waals surface area contributed by atoms with Crippen LogP contribution in [0.4, 0.5) is 5.69 Å². The summed E-state index contributed by atoms with van der Waals surface area (Å²) < 4.78 is 15.6. The molecule has 0 aliphatic carbocycles. The van der Waals surface area contributed by atoms with Crippen molar-refractivity contribution < 1.29 is 19.0 Å². The van der Waals surface area contributed by atoms with Crippen molar-refractivity contribution in [1.29, 1.82) is 0 Å². The summed E-state index contributed by atoms with van der Waals surface area (Å²) in [5.74, 6) is 0.134. The number of carbonyl (C=O) groups excluding carboxylic acids is 1. The first-order valence-electron chi connectivity index (χ1n) is 5.93. The molecule has 0 amide bonds. The number of rotatable bonds is 4. The SMILES string of the molecule is COc1ccc(N)c(C(=O)OCC2CCCO2)c1. The number of hydrogen-bond donors (Lipinski definition) is 1. The van der Waals surface area contributed by atoms with E-state index in [-0.39, 0.29) is 12.7 Å². The number of carbonyl (C=O) groups is 1. The fraction of sp³-hybridized carbons (Fsp3) is 0.462. The Hall–Kier alpha value is -1.75. The highest BCUT2D eigenvalue weighted by molar-refractivity contribution is 5.95. The lowest BCUT2D eigenvalue weighted by atomic mass is 10.1. The van der Waals surface area contributed by atoms with Gasteiger partial charge in [0.2, 0.25) is 0 Å². The van der Waals surface area contributed by atoms with E-state index in [9.17, 15) is 4.79 Å². The molecule has 2 N–H and O–H groups in total. The third-order valence-corrected chi connectivity index (χ3v) is 2.90. The summed E-state index contributed by atoms with van der Waals surface area (Å²) in [5.41, 5.74) is 6.45. The molecule has 1 fully saturated rings. The van der Waals surface area contributed by atoms with E-state index in [4.69, 9.17) is 19.9 Å². The number of nitrogen functional groups attached to an aromatic ring is 1. The van der Waals surface area contributed by atoms with E-state index in [1.807, 2.05) is 0 Å². The molecule has 0 bridgehead atoms. The fourth-order valence-electron chi connectivity index (χ4n) is 1.86. The Morgan fingerprint density at radius 1 is 1.56 bits per heavy atom. The zero-order valence-corrected chi connectivity index (χ0v) is 10.3. The molecule has 0 spiro atoms. The van der Waals surface area contributed by atoms with Gasteiger partial charge in [0.25, 0.3) is 0 Å². The molecule has 0 saturated carbocycles. The van der Waals surface area contributed by atoms with Crippen molar-refractivity contribution in [2.45, 2.75) is 18.9 Å². The average Bonchev–Trinajstić information content (AvgIpc) is 2.89. The maximum Gasteiger partial charge on any atom is 0.340 e. The summed E-state index contributed by atoms with van der Waals surface area (Å²) in [6.45, 7) is 1.01. The Morgan fingerprint density at radius 3 is 3.06 bits per heavy atom. The molecule has 98 valence electrons. The molecule has 1 unspecified atom stereocenters. The summed E-state index contributed by atoms with van der Waals surface area (Å²) in [7, 11) is 1.53. The molecule has 1 aliphatic heterocycles. The first-order chi connectivity index (χ1) is 8.70. The first kappa shape index (κ1) is 12.7. The average molecular weight is 251 g/mol. The van der Waals surface area contributed by atoms with Crippen LogP contribution >= 0.6 is 0 Å². The van der Waals surface area contributed by atoms with Gasteiger partial charge in [-0.2, -0.15) is 0 Å². The number of hydrogen-bond acceptors (Lipinski definition) is 5. The third kappa shape index (κ3) is 2.92. The van der Waals surface area contributed by atoms with Gasteiger partial charge in [0.15, 0.2) is 0 Å². The predicted octanol–water partition coefficient (Wildman–Crippen LogP) is 1.61. The Kier molecular flexibility index (Phi) is 4.04. The number of esters is 1. The van der Waals surface area contributed by atoms with E-state index in [1.54, 1.807) is 18.2 Å². The molecule has 18 heavy (non-hydrogen) atoms. The van der Waals surface area contributed by atoms with Crippen molar-refractivity contribution >= 4 is 11.7 Å². The molecule has 5 heteroatoms. The number of anilines is 1. The zero-order chi connectivity index (χ0) is 13.0. The van der Waals surface area contributed by atoms with Crippen molar-refractivity contribution in [3.63, 3.8) is 0 Å². The second-order valence-electron chi connectivity index (χ2n) is 4.19. The monoisotopic (exact) mass is 251 g/mol. The molecule has 1 atom stereocenters. The van der Waals surface area contributed by atoms with Crippen molar-refractivity contribution in [3.8, 4) is 5.75 Å². The number of benzene rings is 1. The van der Waals surface area contributed by atoms with E-state index in [1.165, 1.54) is 7.11 Å². The molecule has 0 radical (unpaired) electrons. The van der Waals surface area contributed by atoms with Crippen LogP contribution in [0.1, 0.15) is 23.2 Å². The van der Waals surface area contributed by atoms with Gasteiger partial charge in [-0.25, -0.2) is 4.79 Å². The molecule has 5 nitrogen and oxygen atoms in total. The molecular formula is C13H17NO4. The normalized spacial score (nSPS) is 18.6. The highest BCUT2D eigenvalue weighted by Gasteiger charge is 2.19. The van der Waals surface area contributed by atoms with Gasteiger partial charge in [0.05, 0.1) is 18.8 Å². The Morgan fingerprint density at radius 2 is 2.39 bits per heavy atom. The van der Waals surface area contributed by atoms with Crippen LogP contribution in [-0.4, -0.2) is 32.4 Å². The second-order valence-corrected chi connectivity index (χ2v) is 4.19. The maximum atomic E-state index is 11.9. The van der Waals surface area contributed by atoms with Gasteiger partial charge in [0.1, 0.15) is 12.4 Å². The smallest absolute Gasteiger partial charge is 0.340 e. The molecular weight excluding hydrogens is 234 g/mol. The van der Waals surface area contributed by atoms with Crippen LogP contribution in [0, 0.1) is 0 Å². The van der Waals surface area contributed by atoms with Gasteiger partial charge in [-0.3, -0.25) is 0 Å². The highest BCUT2D eigenvalue weighted by atomic mass is 16.6. The predicted molar refractivity (Wildman–Crippen MR) is 66.7 cm³/mol. The largest absolute Gasteiger partial charge is 0.497 e. The maximum absolute atomic E-state index is 11.9. The van der Waals surface area contributed by atoms with Gasteiger partial charge in [-0.1, -0.05) is 0 Å². The molecule has 1 heterocycles. The lowest BCUT2D eigenvalue weighted by Gasteiger charge is -2.11. The van der Waals surface area contributed by atoms with Crippen LogP contribution < -0.4 is 10.5 Å². The Bertz CT molecular complexity index is 427. The van der Waals surface area contributed by atoms with E-state index < -0.39 is 5.97 Å². The number of nitrogens with two attached hydrogens (primary N) is 1. The molecule has 1 saturated heterocycles. The van der Waals surface area contributed by atoms with Crippen LogP contribution in [0.3, 0.4) is 0 Å². The van der Waals surface area contributed by atoms with Crippen molar-refractivity contribution in [2.24, 2.45) is 0 Å². The van der Waals surface area contributed by atoms with Gasteiger partial charge in [-0.15, -0.1) is 0 Å². The lowest BCUT2D eigenvalue weighted by Crippen LogP contribution is -2.18. The second kappa shape index (κ2) is 5.73. The van der Waals surface area contributed by atoms with Crippen molar-refractivity contribution in [1.82, 2.24) is 0 Å². The highest BCUT2D eigenvalue weighted by Crippen LogP contribution is 2.21. The Balaban J connectivity index is 1.98. The quantitative estimate of drug-likeness (QED) is 0.650. The van der Waals surface area contributed by atoms with Crippen LogP contribution in [-0.2, 0) is 9.47 Å². The first-order valence-corrected chi connectivity index (χ1v) is 5.93. The van der Waals surface area contributed by atoms with Gasteiger partial charge in [0, 0.05) is 12.3 Å². The topological polar surface area (TPSA) is 70.8 Å². The van der Waals surface area contributed by atoms with Crippen molar-refractivity contribution in [2.75, 3.05) is 26.1 Å². The minimum Gasteiger partial charge on any atom is -0.497 e. The van der Waals surface area contributed by atoms with Gasteiger partial charge >= 0.3 is 5.97 Å². The molecule has 0 aromatic heterocycles. The third-order valence-electron chi connectivity index (χ3n) is 2.90. The van der Waals surface area contributed by atoms with Gasteiger partial charge in [-0.05, 0) is 31.0 Å². The van der Waals surface area contributed by atoms with Crippen LogP contribution in [0.2, 0.25) is 0 Å². The molecule has 2 rings (SSSR count). The zero-order valence-electron chi connectivity index (χ0n) is 10.3. The summed E-state index contributed by atoms with van der Waals surface area (Å²) in [4.78, 5) is 11.9. The minimum atomic E-state index is -0.443. The number of methoxy groups -OCH3 is 1. The minimum absolute atomic E-state index is 0.0146. The number of ether oxygens (including phenoxy) is 3. The summed E-state index contributed by atoms with van der Waals surface area (Å²) in [6.07, 6.45) is 1.96. The Labute approximate surface area is 106 Å². The van der Waals surface area contributed by atoms with E-state index in [0.717, 1.165) is 19.4 Å². The molecule has 1 aromatic carbocycles. The summed E-state index contributed by atoms with van der Waals surface area (Å²) >= 11 is 0. The van der Waals surface area contributed by atoms with Gasteiger partial charge < -0.3 is 19.9 Å². The van der Waals surface area contributed by atoms with E-state index in [2.05, 4.69) is 0 Å². The molecule has 1 aliphatic rings. The van der Waals surface area contributed by atoms with Crippen molar-refractivity contribution in [3.05, 3.63) is 23.8 Å². The standard InChI is InChI=1S/C13H17NO4/c1-16-9-4-5-12(14)11(7-9)13(15)18-8-10-3-2-6-17-10/h4-5,7,10H,2-3,6,8,14H2,1H3. The lowest BCUT2D eigenvalue weighted by molar-refractivity contribution is 0.0162. The summed E-state index contributed by atoms with van der Waals surface area (Å²) in [6, 6.07) is 4.90. The van der Waals surface area contributed by atoms with E-state index in [0.29, 0.717) is 17.0 Å². The van der Waals surface area contributed by atoms with Crippen LogP contribution in [0.15, 0.2) is 18.2 Å². The van der Waals surface area contributed by atoms with Crippen LogP contribution in [0.5, 0.6) is 5.75 Å². The van der Waals surface area contributed by atoms with E-state index >= 15 is 0 Å². The fourth-order valence-corrected chi connectivity index (χ4v) is 1.86. The molecule has 1 aromatic rings. The summed E-state index contributed by atoms with van der Waals surface area (Å²) in [5, 5.41) is 0.